The first-order valence-corrected chi connectivity index (χ1v) is 8.15. The van der Waals surface area contributed by atoms with Crippen LogP contribution in [0.2, 0.25) is 0 Å². The molecule has 1 aliphatic carbocycles. The van der Waals surface area contributed by atoms with Crippen molar-refractivity contribution in [2.75, 3.05) is 0 Å². The molecule has 3 atom stereocenters. The van der Waals surface area contributed by atoms with E-state index < -0.39 is 5.72 Å². The van der Waals surface area contributed by atoms with E-state index in [0.717, 1.165) is 23.6 Å². The molecule has 1 aromatic rings. The zero-order valence-corrected chi connectivity index (χ0v) is 12.7. The van der Waals surface area contributed by atoms with Crippen molar-refractivity contribution in [1.82, 2.24) is 5.32 Å². The van der Waals surface area contributed by atoms with Gasteiger partial charge in [0.15, 0.2) is 0 Å². The highest BCUT2D eigenvalue weighted by atomic mass is 32.2. The van der Waals surface area contributed by atoms with Crippen molar-refractivity contribution in [3.05, 3.63) is 35.4 Å². The van der Waals surface area contributed by atoms with E-state index in [1.807, 2.05) is 0 Å². The smallest absolute Gasteiger partial charge is 0.140 e. The second kappa shape index (κ2) is 5.08. The number of hydrogen-bond donors (Lipinski definition) is 2. The third-order valence-electron chi connectivity index (χ3n) is 4.26. The predicted octanol–water partition coefficient (Wildman–Crippen LogP) is 3.54. The fourth-order valence-electron chi connectivity index (χ4n) is 3.20. The lowest BCUT2D eigenvalue weighted by molar-refractivity contribution is -0.0632. The maximum Gasteiger partial charge on any atom is 0.140 e. The van der Waals surface area contributed by atoms with Crippen molar-refractivity contribution in [3.63, 3.8) is 0 Å². The van der Waals surface area contributed by atoms with Gasteiger partial charge in [0.05, 0.1) is 0 Å². The first-order chi connectivity index (χ1) is 9.08. The van der Waals surface area contributed by atoms with Gasteiger partial charge in [0, 0.05) is 11.2 Å². The van der Waals surface area contributed by atoms with Crippen LogP contribution in [0.1, 0.15) is 42.1 Å². The Morgan fingerprint density at radius 1 is 1.32 bits per heavy atom. The monoisotopic (exact) mass is 293 g/mol. The summed E-state index contributed by atoms with van der Waals surface area (Å²) < 4.78 is 0.728. The second-order valence-corrected chi connectivity index (χ2v) is 7.46. The van der Waals surface area contributed by atoms with Crippen LogP contribution in [0.25, 0.3) is 0 Å². The van der Waals surface area contributed by atoms with E-state index in [1.54, 1.807) is 11.8 Å². The molecular formula is C15H19NOS2. The predicted molar refractivity (Wildman–Crippen MR) is 84.2 cm³/mol. The molecule has 2 fully saturated rings. The van der Waals surface area contributed by atoms with Crippen LogP contribution in [0.3, 0.4) is 0 Å². The summed E-state index contributed by atoms with van der Waals surface area (Å²) in [7, 11) is 0. The van der Waals surface area contributed by atoms with Crippen LogP contribution in [0.5, 0.6) is 0 Å². The summed E-state index contributed by atoms with van der Waals surface area (Å²) in [6.07, 6.45) is 4.15. The minimum atomic E-state index is -0.795. The molecule has 0 radical (unpaired) electrons. The molecule has 2 nitrogen and oxygen atoms in total. The Morgan fingerprint density at radius 2 is 2.05 bits per heavy atom. The van der Waals surface area contributed by atoms with Crippen LogP contribution < -0.4 is 5.32 Å². The molecule has 0 aromatic heterocycles. The number of thiocarbonyl (C=S) groups is 1. The van der Waals surface area contributed by atoms with Crippen LogP contribution in [0.4, 0.5) is 0 Å². The van der Waals surface area contributed by atoms with Crippen molar-refractivity contribution >= 4 is 28.3 Å². The number of nitrogens with one attached hydrogen (secondary N) is 1. The van der Waals surface area contributed by atoms with Gasteiger partial charge < -0.3 is 10.4 Å². The van der Waals surface area contributed by atoms with E-state index in [1.165, 1.54) is 17.5 Å². The largest absolute Gasteiger partial charge is 0.371 e. The van der Waals surface area contributed by atoms with E-state index >= 15 is 0 Å². The Morgan fingerprint density at radius 3 is 2.79 bits per heavy atom. The molecule has 1 aromatic carbocycles. The first-order valence-electron chi connectivity index (χ1n) is 6.86. The van der Waals surface area contributed by atoms with Gasteiger partial charge in [-0.15, -0.1) is 0 Å². The van der Waals surface area contributed by atoms with Crippen LogP contribution in [-0.2, 0) is 0 Å². The van der Waals surface area contributed by atoms with E-state index in [9.17, 15) is 5.11 Å². The topological polar surface area (TPSA) is 32.3 Å². The van der Waals surface area contributed by atoms with E-state index in [0.29, 0.717) is 0 Å². The van der Waals surface area contributed by atoms with Gasteiger partial charge in [-0.25, -0.2) is 0 Å². The Hall–Kier alpha value is -0.580. The van der Waals surface area contributed by atoms with Crippen LogP contribution in [-0.4, -0.2) is 15.2 Å². The van der Waals surface area contributed by atoms with Gasteiger partial charge in [0.2, 0.25) is 0 Å². The molecule has 1 heterocycles. The summed E-state index contributed by atoms with van der Waals surface area (Å²) in [5, 5.41) is 14.3. The molecule has 19 heavy (non-hydrogen) atoms. The summed E-state index contributed by atoms with van der Waals surface area (Å²) in [5.74, 6) is 0.251. The normalized spacial score (nSPS) is 34.5. The number of benzene rings is 1. The fraction of sp³-hybridized carbons (Fsp3) is 0.533. The molecule has 0 bridgehead atoms. The maximum atomic E-state index is 10.8. The highest BCUT2D eigenvalue weighted by Gasteiger charge is 2.48. The Labute approximate surface area is 124 Å². The molecule has 0 spiro atoms. The molecule has 3 rings (SSSR count). The van der Waals surface area contributed by atoms with E-state index in [2.05, 4.69) is 36.5 Å². The molecule has 2 aliphatic rings. The number of aryl methyl sites for hydroxylation is 1. The SMILES string of the molecule is Cc1ccc([C@@H]2SC(=S)N[C@]3(O)CCCC[C@H]23)cc1. The minimum absolute atomic E-state index is 0.251. The third-order valence-corrected chi connectivity index (χ3v) is 5.82. The molecular weight excluding hydrogens is 274 g/mol. The quantitative estimate of drug-likeness (QED) is 0.776. The summed E-state index contributed by atoms with van der Waals surface area (Å²) in [6.45, 7) is 2.10. The molecule has 2 N–H and O–H groups in total. The van der Waals surface area contributed by atoms with Gasteiger partial charge in [-0.2, -0.15) is 0 Å². The van der Waals surface area contributed by atoms with Crippen molar-refractivity contribution in [2.45, 2.75) is 43.6 Å². The highest BCUT2D eigenvalue weighted by Crippen LogP contribution is 2.50. The lowest BCUT2D eigenvalue weighted by Crippen LogP contribution is -2.58. The third kappa shape index (κ3) is 2.54. The Kier molecular flexibility index (Phi) is 3.58. The number of hydrogen-bond acceptors (Lipinski definition) is 3. The van der Waals surface area contributed by atoms with Gasteiger partial charge in [-0.3, -0.25) is 0 Å². The maximum absolute atomic E-state index is 10.8. The lowest BCUT2D eigenvalue weighted by atomic mass is 9.77. The average Bonchev–Trinajstić information content (AvgIpc) is 2.37. The first kappa shape index (κ1) is 13.4. The van der Waals surface area contributed by atoms with Gasteiger partial charge in [0.1, 0.15) is 10.0 Å². The van der Waals surface area contributed by atoms with Crippen LogP contribution in [0, 0.1) is 12.8 Å². The summed E-state index contributed by atoms with van der Waals surface area (Å²) >= 11 is 7.03. The van der Waals surface area contributed by atoms with Gasteiger partial charge in [-0.05, 0) is 31.7 Å². The lowest BCUT2D eigenvalue weighted by Gasteiger charge is -2.48. The zero-order chi connectivity index (χ0) is 13.5. The minimum Gasteiger partial charge on any atom is -0.371 e. The number of fused-ring (bicyclic) bond motifs is 1. The molecule has 4 heteroatoms. The number of rotatable bonds is 1. The zero-order valence-electron chi connectivity index (χ0n) is 11.1. The number of aliphatic hydroxyl groups is 1. The molecule has 1 saturated heterocycles. The van der Waals surface area contributed by atoms with Gasteiger partial charge in [-0.1, -0.05) is 60.2 Å². The Balaban J connectivity index is 1.94. The fourth-order valence-corrected chi connectivity index (χ4v) is 4.97. The van der Waals surface area contributed by atoms with Gasteiger partial charge >= 0.3 is 0 Å². The number of thioether (sulfide) groups is 1. The molecule has 1 aliphatic heterocycles. The van der Waals surface area contributed by atoms with E-state index in [-0.39, 0.29) is 11.2 Å². The summed E-state index contributed by atoms with van der Waals surface area (Å²) in [5.41, 5.74) is 1.75. The average molecular weight is 293 g/mol. The second-order valence-electron chi connectivity index (χ2n) is 5.64. The van der Waals surface area contributed by atoms with Crippen molar-refractivity contribution < 1.29 is 5.11 Å². The van der Waals surface area contributed by atoms with Crippen molar-refractivity contribution in [1.29, 1.82) is 0 Å². The van der Waals surface area contributed by atoms with Crippen LogP contribution >= 0.6 is 24.0 Å². The standard InChI is InChI=1S/C15H19NOS2/c1-10-5-7-11(8-6-10)13-12-4-2-3-9-15(12,17)16-14(18)19-13/h5-8,12-13,17H,2-4,9H2,1H3,(H,16,18)/t12-,13+,15+/m1/s1. The molecule has 0 unspecified atom stereocenters. The van der Waals surface area contributed by atoms with Crippen molar-refractivity contribution in [2.24, 2.45) is 5.92 Å². The molecule has 102 valence electrons. The van der Waals surface area contributed by atoms with Crippen molar-refractivity contribution in [3.8, 4) is 0 Å². The van der Waals surface area contributed by atoms with Gasteiger partial charge in [0.25, 0.3) is 0 Å². The summed E-state index contributed by atoms with van der Waals surface area (Å²) in [6, 6.07) is 8.64. The molecule has 0 amide bonds. The highest BCUT2D eigenvalue weighted by molar-refractivity contribution is 8.23. The summed E-state index contributed by atoms with van der Waals surface area (Å²) in [4.78, 5) is 0. The Bertz CT molecular complexity index is 487. The van der Waals surface area contributed by atoms with Crippen LogP contribution in [0.15, 0.2) is 24.3 Å². The van der Waals surface area contributed by atoms with E-state index in [4.69, 9.17) is 12.2 Å². The molecule has 1 saturated carbocycles.